The average Bonchev–Trinajstić information content (AvgIpc) is 2.61. The summed E-state index contributed by atoms with van der Waals surface area (Å²) in [6.45, 7) is 0. The first kappa shape index (κ1) is 18.3. The highest BCUT2D eigenvalue weighted by Crippen LogP contribution is 2.09. The lowest BCUT2D eigenvalue weighted by Gasteiger charge is -2.09. The van der Waals surface area contributed by atoms with Gasteiger partial charge in [0.1, 0.15) is 0 Å². The zero-order valence-corrected chi connectivity index (χ0v) is 13.3. The summed E-state index contributed by atoms with van der Waals surface area (Å²) in [7, 11) is 0. The molecular weight excluding hydrogens is 340 g/mol. The molecule has 0 heterocycles. The second kappa shape index (κ2) is 7.71. The highest BCUT2D eigenvalue weighted by atomic mass is 16.2. The van der Waals surface area contributed by atoms with E-state index in [-0.39, 0.29) is 22.3 Å². The lowest BCUT2D eigenvalue weighted by Crippen LogP contribution is -2.43. The number of hydrogen-bond donors (Lipinski definition) is 4. The number of carbonyl (C=O) groups excluding carboxylic acids is 5. The summed E-state index contributed by atoms with van der Waals surface area (Å²) in [4.78, 5) is 58.7. The van der Waals surface area contributed by atoms with Crippen LogP contribution in [0.2, 0.25) is 0 Å². The predicted octanol–water partition coefficient (Wildman–Crippen LogP) is 0.164. The van der Waals surface area contributed by atoms with E-state index in [9.17, 15) is 24.0 Å². The fraction of sp³-hybridized carbons (Fsp3) is 0. The van der Waals surface area contributed by atoms with Crippen molar-refractivity contribution in [3.8, 4) is 0 Å². The standard InChI is InChI=1S/C17H14N4O5/c18-13(22)9-5-1-3-7-11(9)15(24)20-17(26)21-16(25)12-8-4-2-6-10(12)14(19)23/h1-8H,(H2,18,22)(H2,19,23)(H2,20,21,24,25,26). The van der Waals surface area contributed by atoms with Crippen molar-refractivity contribution in [2.45, 2.75) is 0 Å². The summed E-state index contributed by atoms with van der Waals surface area (Å²) in [5, 5.41) is 3.81. The Hall–Kier alpha value is -4.01. The molecule has 0 bridgehead atoms. The van der Waals surface area contributed by atoms with Gasteiger partial charge in [0.05, 0.1) is 22.3 Å². The predicted molar refractivity (Wildman–Crippen MR) is 90.2 cm³/mol. The maximum absolute atomic E-state index is 12.1. The molecule has 0 aliphatic rings. The Kier molecular flexibility index (Phi) is 5.43. The van der Waals surface area contributed by atoms with Gasteiger partial charge >= 0.3 is 6.03 Å². The molecule has 0 aliphatic carbocycles. The maximum Gasteiger partial charge on any atom is 0.328 e. The third-order valence-electron chi connectivity index (χ3n) is 3.33. The summed E-state index contributed by atoms with van der Waals surface area (Å²) in [6, 6.07) is 10.1. The Labute approximate surface area is 147 Å². The SMILES string of the molecule is NC(=O)c1ccccc1C(=O)NC(=O)NC(=O)c1ccccc1C(N)=O. The van der Waals surface area contributed by atoms with Crippen LogP contribution in [0.15, 0.2) is 48.5 Å². The Morgan fingerprint density at radius 1 is 0.577 bits per heavy atom. The van der Waals surface area contributed by atoms with Gasteiger partial charge in [0.2, 0.25) is 11.8 Å². The van der Waals surface area contributed by atoms with E-state index >= 15 is 0 Å². The van der Waals surface area contributed by atoms with Crippen LogP contribution in [0.4, 0.5) is 4.79 Å². The van der Waals surface area contributed by atoms with Gasteiger partial charge in [-0.3, -0.25) is 29.8 Å². The lowest BCUT2D eigenvalue weighted by molar-refractivity contribution is 0.0922. The first-order valence-electron chi connectivity index (χ1n) is 7.25. The van der Waals surface area contributed by atoms with E-state index in [2.05, 4.69) is 0 Å². The second-order valence-electron chi connectivity index (χ2n) is 5.06. The number of imide groups is 2. The Bertz CT molecular complexity index is 849. The van der Waals surface area contributed by atoms with Crippen molar-refractivity contribution in [1.29, 1.82) is 0 Å². The first-order chi connectivity index (χ1) is 12.3. The van der Waals surface area contributed by atoms with Crippen LogP contribution >= 0.6 is 0 Å². The highest BCUT2D eigenvalue weighted by Gasteiger charge is 2.20. The number of amides is 6. The van der Waals surface area contributed by atoms with Crippen molar-refractivity contribution in [3.63, 3.8) is 0 Å². The van der Waals surface area contributed by atoms with Crippen LogP contribution in [0.3, 0.4) is 0 Å². The molecule has 0 aromatic heterocycles. The number of nitrogens with two attached hydrogens (primary N) is 2. The van der Waals surface area contributed by atoms with Crippen LogP contribution in [0, 0.1) is 0 Å². The molecule has 9 nitrogen and oxygen atoms in total. The van der Waals surface area contributed by atoms with Crippen molar-refractivity contribution in [2.24, 2.45) is 11.5 Å². The largest absolute Gasteiger partial charge is 0.366 e. The molecular formula is C17H14N4O5. The van der Waals surface area contributed by atoms with E-state index in [1.165, 1.54) is 48.5 Å². The van der Waals surface area contributed by atoms with Gasteiger partial charge < -0.3 is 11.5 Å². The quantitative estimate of drug-likeness (QED) is 0.614. The number of primary amides is 2. The fourth-order valence-electron chi connectivity index (χ4n) is 2.16. The number of carbonyl (C=O) groups is 5. The number of benzene rings is 2. The minimum atomic E-state index is -1.14. The molecule has 0 aliphatic heterocycles. The van der Waals surface area contributed by atoms with E-state index in [0.717, 1.165) is 0 Å². The topological polar surface area (TPSA) is 161 Å². The van der Waals surface area contributed by atoms with E-state index in [1.807, 2.05) is 10.6 Å². The molecule has 6 amide bonds. The number of rotatable bonds is 4. The lowest BCUT2D eigenvalue weighted by atomic mass is 10.1. The molecule has 2 aromatic rings. The third-order valence-corrected chi connectivity index (χ3v) is 3.33. The molecule has 0 fully saturated rings. The maximum atomic E-state index is 12.1. The third kappa shape index (κ3) is 4.09. The Morgan fingerprint density at radius 3 is 1.19 bits per heavy atom. The van der Waals surface area contributed by atoms with Crippen molar-refractivity contribution in [2.75, 3.05) is 0 Å². The molecule has 0 spiro atoms. The average molecular weight is 354 g/mol. The van der Waals surface area contributed by atoms with Crippen LogP contribution in [-0.2, 0) is 0 Å². The first-order valence-corrected chi connectivity index (χ1v) is 7.25. The molecule has 2 rings (SSSR count). The normalized spacial score (nSPS) is 9.85. The van der Waals surface area contributed by atoms with E-state index in [1.54, 1.807) is 0 Å². The fourth-order valence-corrected chi connectivity index (χ4v) is 2.16. The zero-order valence-electron chi connectivity index (χ0n) is 13.3. The Balaban J connectivity index is 2.12. The van der Waals surface area contributed by atoms with Crippen molar-refractivity contribution >= 4 is 29.7 Å². The minimum absolute atomic E-state index is 0.0804. The zero-order chi connectivity index (χ0) is 19.3. The van der Waals surface area contributed by atoms with Gasteiger partial charge in [-0.1, -0.05) is 24.3 Å². The summed E-state index contributed by atoms with van der Waals surface area (Å²) in [6.07, 6.45) is 0. The van der Waals surface area contributed by atoms with E-state index < -0.39 is 29.7 Å². The van der Waals surface area contributed by atoms with Gasteiger partial charge in [0.25, 0.3) is 11.8 Å². The highest BCUT2D eigenvalue weighted by molar-refractivity contribution is 6.16. The summed E-state index contributed by atoms with van der Waals surface area (Å²) >= 11 is 0. The van der Waals surface area contributed by atoms with Crippen LogP contribution in [0.25, 0.3) is 0 Å². The van der Waals surface area contributed by atoms with Crippen LogP contribution < -0.4 is 22.1 Å². The second-order valence-corrected chi connectivity index (χ2v) is 5.06. The van der Waals surface area contributed by atoms with Crippen LogP contribution in [-0.4, -0.2) is 29.7 Å². The smallest absolute Gasteiger partial charge is 0.328 e. The van der Waals surface area contributed by atoms with Gasteiger partial charge in [-0.25, -0.2) is 4.79 Å². The number of nitrogens with one attached hydrogen (secondary N) is 2. The Morgan fingerprint density at radius 2 is 0.885 bits per heavy atom. The number of hydrogen-bond acceptors (Lipinski definition) is 5. The number of urea groups is 1. The molecule has 0 unspecified atom stereocenters. The van der Waals surface area contributed by atoms with Crippen molar-refractivity contribution in [1.82, 2.24) is 10.6 Å². The van der Waals surface area contributed by atoms with Crippen LogP contribution in [0.1, 0.15) is 41.4 Å². The molecule has 0 atom stereocenters. The molecule has 0 saturated carbocycles. The van der Waals surface area contributed by atoms with E-state index in [4.69, 9.17) is 11.5 Å². The van der Waals surface area contributed by atoms with Crippen molar-refractivity contribution in [3.05, 3.63) is 70.8 Å². The van der Waals surface area contributed by atoms with E-state index in [0.29, 0.717) is 0 Å². The molecule has 2 aromatic carbocycles. The molecule has 0 radical (unpaired) electrons. The summed E-state index contributed by atoms with van der Waals surface area (Å²) in [5.74, 6) is -3.54. The van der Waals surface area contributed by atoms with Crippen LogP contribution in [0.5, 0.6) is 0 Å². The molecule has 6 N–H and O–H groups in total. The van der Waals surface area contributed by atoms with Gasteiger partial charge in [0.15, 0.2) is 0 Å². The van der Waals surface area contributed by atoms with Gasteiger partial charge in [-0.05, 0) is 24.3 Å². The molecule has 26 heavy (non-hydrogen) atoms. The molecule has 9 heteroatoms. The van der Waals surface area contributed by atoms with Crippen molar-refractivity contribution < 1.29 is 24.0 Å². The minimum Gasteiger partial charge on any atom is -0.366 e. The summed E-state index contributed by atoms with van der Waals surface area (Å²) < 4.78 is 0. The van der Waals surface area contributed by atoms with Gasteiger partial charge in [0, 0.05) is 0 Å². The summed E-state index contributed by atoms with van der Waals surface area (Å²) in [5.41, 5.74) is 9.92. The van der Waals surface area contributed by atoms with Gasteiger partial charge in [-0.2, -0.15) is 0 Å². The monoisotopic (exact) mass is 354 g/mol. The molecule has 0 saturated heterocycles. The van der Waals surface area contributed by atoms with Gasteiger partial charge in [-0.15, -0.1) is 0 Å². The molecule has 132 valence electrons.